The van der Waals surface area contributed by atoms with E-state index in [4.69, 9.17) is 0 Å². The fourth-order valence-electron chi connectivity index (χ4n) is 2.80. The fourth-order valence-corrected chi connectivity index (χ4v) is 2.80. The van der Waals surface area contributed by atoms with Gasteiger partial charge in [-0.1, -0.05) is 19.9 Å². The number of aromatic nitrogens is 2. The van der Waals surface area contributed by atoms with Crippen LogP contribution >= 0.6 is 0 Å². The second-order valence-electron chi connectivity index (χ2n) is 6.18. The van der Waals surface area contributed by atoms with Gasteiger partial charge in [0, 0.05) is 13.6 Å². The van der Waals surface area contributed by atoms with E-state index in [1.165, 1.54) is 4.68 Å². The summed E-state index contributed by atoms with van der Waals surface area (Å²) in [4.78, 5) is 12.4. The van der Waals surface area contributed by atoms with Gasteiger partial charge in [-0.25, -0.2) is 4.39 Å². The Morgan fingerprint density at radius 3 is 2.91 bits per heavy atom. The van der Waals surface area contributed by atoms with Gasteiger partial charge in [0.2, 0.25) is 0 Å². The summed E-state index contributed by atoms with van der Waals surface area (Å²) in [7, 11) is 1.72. The average molecular weight is 316 g/mol. The van der Waals surface area contributed by atoms with Crippen LogP contribution in [0.5, 0.6) is 0 Å². The zero-order valence-electron chi connectivity index (χ0n) is 13.6. The van der Waals surface area contributed by atoms with E-state index in [2.05, 4.69) is 15.7 Å². The Labute approximate surface area is 134 Å². The molecule has 1 aliphatic rings. The molecule has 0 saturated carbocycles. The van der Waals surface area contributed by atoms with E-state index < -0.39 is 0 Å². The number of benzene rings is 1. The molecule has 0 fully saturated rings. The third-order valence-corrected chi connectivity index (χ3v) is 4.18. The SMILES string of the molecule is CC(C)c1cc(C(=O)Nc2ccc3c(c2F)CCNC3)n(C)n1. The van der Waals surface area contributed by atoms with Crippen molar-refractivity contribution in [3.63, 3.8) is 0 Å². The molecular weight excluding hydrogens is 295 g/mol. The van der Waals surface area contributed by atoms with Crippen LogP contribution in [-0.4, -0.2) is 22.2 Å². The van der Waals surface area contributed by atoms with Crippen molar-refractivity contribution in [2.75, 3.05) is 11.9 Å². The van der Waals surface area contributed by atoms with E-state index in [9.17, 15) is 9.18 Å². The summed E-state index contributed by atoms with van der Waals surface area (Å²) in [5, 5.41) is 10.2. The maximum atomic E-state index is 14.6. The number of rotatable bonds is 3. The minimum atomic E-state index is -0.348. The van der Waals surface area contributed by atoms with E-state index in [-0.39, 0.29) is 23.3 Å². The number of aryl methyl sites for hydroxylation is 1. The largest absolute Gasteiger partial charge is 0.318 e. The minimum absolute atomic E-state index is 0.225. The van der Waals surface area contributed by atoms with Gasteiger partial charge in [-0.15, -0.1) is 0 Å². The lowest BCUT2D eigenvalue weighted by Crippen LogP contribution is -2.25. The van der Waals surface area contributed by atoms with Crippen molar-refractivity contribution in [1.82, 2.24) is 15.1 Å². The standard InChI is InChI=1S/C17H21FN4O/c1-10(2)14-8-15(22(3)21-14)17(23)20-13-5-4-11-9-19-7-6-12(11)16(13)18/h4-5,8,10,19H,6-7,9H2,1-3H3,(H,20,23). The Kier molecular flexibility index (Phi) is 4.17. The van der Waals surface area contributed by atoms with Crippen molar-refractivity contribution in [3.05, 3.63) is 46.5 Å². The maximum absolute atomic E-state index is 14.6. The first-order valence-corrected chi connectivity index (χ1v) is 7.83. The van der Waals surface area contributed by atoms with Crippen LogP contribution in [0, 0.1) is 5.82 Å². The first kappa shape index (κ1) is 15.7. The molecule has 2 N–H and O–H groups in total. The van der Waals surface area contributed by atoms with E-state index in [1.54, 1.807) is 19.2 Å². The van der Waals surface area contributed by atoms with Gasteiger partial charge in [0.25, 0.3) is 5.91 Å². The first-order valence-electron chi connectivity index (χ1n) is 7.83. The Balaban J connectivity index is 1.86. The number of amides is 1. The zero-order chi connectivity index (χ0) is 16.6. The van der Waals surface area contributed by atoms with Gasteiger partial charge in [-0.2, -0.15) is 5.10 Å². The van der Waals surface area contributed by atoms with Crippen molar-refractivity contribution in [3.8, 4) is 0 Å². The highest BCUT2D eigenvalue weighted by atomic mass is 19.1. The Bertz CT molecular complexity index is 751. The first-order chi connectivity index (χ1) is 11.0. The average Bonchev–Trinajstić information content (AvgIpc) is 2.92. The quantitative estimate of drug-likeness (QED) is 0.915. The highest BCUT2D eigenvalue weighted by Crippen LogP contribution is 2.25. The third kappa shape index (κ3) is 2.99. The number of anilines is 1. The van der Waals surface area contributed by atoms with Crippen LogP contribution in [0.3, 0.4) is 0 Å². The Morgan fingerprint density at radius 1 is 1.43 bits per heavy atom. The van der Waals surface area contributed by atoms with Gasteiger partial charge in [0.05, 0.1) is 11.4 Å². The van der Waals surface area contributed by atoms with Crippen LogP contribution in [-0.2, 0) is 20.0 Å². The van der Waals surface area contributed by atoms with Gasteiger partial charge in [-0.05, 0) is 42.1 Å². The van der Waals surface area contributed by atoms with E-state index in [0.29, 0.717) is 24.2 Å². The topological polar surface area (TPSA) is 59.0 Å². The molecule has 3 rings (SSSR count). The number of nitrogens with one attached hydrogen (secondary N) is 2. The summed E-state index contributed by atoms with van der Waals surface area (Å²) in [5.74, 6) is -0.445. The van der Waals surface area contributed by atoms with Crippen LogP contribution < -0.4 is 10.6 Å². The fraction of sp³-hybridized carbons (Fsp3) is 0.412. The van der Waals surface area contributed by atoms with Gasteiger partial charge in [0.15, 0.2) is 0 Å². The van der Waals surface area contributed by atoms with E-state index in [0.717, 1.165) is 17.8 Å². The number of fused-ring (bicyclic) bond motifs is 1. The van der Waals surface area contributed by atoms with Gasteiger partial charge in [-0.3, -0.25) is 9.48 Å². The molecule has 1 aromatic carbocycles. The summed E-state index contributed by atoms with van der Waals surface area (Å²) in [6.45, 7) is 5.45. The molecule has 0 saturated heterocycles. The molecule has 1 aliphatic heterocycles. The number of nitrogens with zero attached hydrogens (tertiary/aromatic N) is 2. The molecule has 2 heterocycles. The van der Waals surface area contributed by atoms with Gasteiger partial charge < -0.3 is 10.6 Å². The highest BCUT2D eigenvalue weighted by Gasteiger charge is 2.20. The van der Waals surface area contributed by atoms with E-state index in [1.807, 2.05) is 19.9 Å². The van der Waals surface area contributed by atoms with Crippen molar-refractivity contribution in [2.24, 2.45) is 7.05 Å². The Morgan fingerprint density at radius 2 is 2.22 bits per heavy atom. The summed E-state index contributed by atoms with van der Waals surface area (Å²) in [6.07, 6.45) is 0.633. The predicted molar refractivity (Wildman–Crippen MR) is 87.1 cm³/mol. The van der Waals surface area contributed by atoms with E-state index >= 15 is 0 Å². The molecule has 122 valence electrons. The van der Waals surface area contributed by atoms with Crippen LogP contribution in [0.15, 0.2) is 18.2 Å². The lowest BCUT2D eigenvalue weighted by molar-refractivity contribution is 0.101. The molecule has 2 aromatic rings. The molecule has 23 heavy (non-hydrogen) atoms. The second kappa shape index (κ2) is 6.12. The summed E-state index contributed by atoms with van der Waals surface area (Å²) < 4.78 is 16.1. The molecule has 0 bridgehead atoms. The third-order valence-electron chi connectivity index (χ3n) is 4.18. The zero-order valence-corrected chi connectivity index (χ0v) is 13.6. The molecule has 1 amide bonds. The lowest BCUT2D eigenvalue weighted by Gasteiger charge is -2.19. The van der Waals surface area contributed by atoms with Crippen LogP contribution in [0.4, 0.5) is 10.1 Å². The Hall–Kier alpha value is -2.21. The number of hydrogen-bond acceptors (Lipinski definition) is 3. The second-order valence-corrected chi connectivity index (χ2v) is 6.18. The molecule has 5 nitrogen and oxygen atoms in total. The van der Waals surface area contributed by atoms with Gasteiger partial charge >= 0.3 is 0 Å². The molecule has 0 aliphatic carbocycles. The number of carbonyl (C=O) groups excluding carboxylic acids is 1. The van der Waals surface area contributed by atoms with Gasteiger partial charge in [0.1, 0.15) is 11.5 Å². The summed E-state index contributed by atoms with van der Waals surface area (Å²) in [6, 6.07) is 5.24. The minimum Gasteiger partial charge on any atom is -0.318 e. The number of halogens is 1. The molecule has 0 atom stereocenters. The summed E-state index contributed by atoms with van der Waals surface area (Å²) in [5.41, 5.74) is 3.13. The molecule has 0 unspecified atom stereocenters. The molecule has 6 heteroatoms. The molecule has 1 aromatic heterocycles. The number of carbonyl (C=O) groups is 1. The molecule has 0 spiro atoms. The van der Waals surface area contributed by atoms with Crippen molar-refractivity contribution >= 4 is 11.6 Å². The van der Waals surface area contributed by atoms with Crippen molar-refractivity contribution in [1.29, 1.82) is 0 Å². The number of hydrogen-bond donors (Lipinski definition) is 2. The lowest BCUT2D eigenvalue weighted by atomic mass is 9.99. The smallest absolute Gasteiger partial charge is 0.274 e. The predicted octanol–water partition coefficient (Wildman–Crippen LogP) is 2.58. The van der Waals surface area contributed by atoms with Crippen LogP contribution in [0.1, 0.15) is 47.1 Å². The summed E-state index contributed by atoms with van der Waals surface area (Å²) >= 11 is 0. The van der Waals surface area contributed by atoms with Crippen molar-refractivity contribution < 1.29 is 9.18 Å². The van der Waals surface area contributed by atoms with Crippen molar-refractivity contribution in [2.45, 2.75) is 32.7 Å². The molecular formula is C17H21FN4O. The highest BCUT2D eigenvalue weighted by molar-refractivity contribution is 6.03. The monoisotopic (exact) mass is 316 g/mol. The van der Waals surface area contributed by atoms with Crippen LogP contribution in [0.25, 0.3) is 0 Å². The van der Waals surface area contributed by atoms with Crippen LogP contribution in [0.2, 0.25) is 0 Å². The normalized spacial score (nSPS) is 14.0. The maximum Gasteiger partial charge on any atom is 0.274 e. The molecule has 0 radical (unpaired) electrons.